The van der Waals surface area contributed by atoms with Crippen LogP contribution in [0.1, 0.15) is 27.0 Å². The fourth-order valence-electron chi connectivity index (χ4n) is 4.58. The van der Waals surface area contributed by atoms with Gasteiger partial charge in [-0.3, -0.25) is 9.20 Å². The topological polar surface area (TPSA) is 37.6 Å². The molecule has 0 radical (unpaired) electrons. The Labute approximate surface area is 212 Å². The molecule has 0 atom stereocenters. The predicted molar refractivity (Wildman–Crippen MR) is 130 cm³/mol. The van der Waals surface area contributed by atoms with Gasteiger partial charge in [-0.2, -0.15) is 26.3 Å². The van der Waals surface area contributed by atoms with Crippen LogP contribution >= 0.6 is 0 Å². The van der Waals surface area contributed by atoms with E-state index >= 15 is 0 Å². The van der Waals surface area contributed by atoms with E-state index in [1.165, 1.54) is 13.2 Å². The van der Waals surface area contributed by atoms with Crippen LogP contribution in [0.15, 0.2) is 85.2 Å². The highest BCUT2D eigenvalue weighted by Gasteiger charge is 2.37. The molecule has 0 aliphatic rings. The Hall–Kier alpha value is -4.34. The number of benzene rings is 3. The fourth-order valence-corrected chi connectivity index (χ4v) is 4.58. The average molecular weight is 527 g/mol. The Morgan fingerprint density at radius 3 is 2.11 bits per heavy atom. The molecule has 0 spiro atoms. The number of aromatic nitrogens is 2. The number of hydrogen-bond donors (Lipinski definition) is 0. The first-order valence-electron chi connectivity index (χ1n) is 11.4. The molecule has 0 saturated carbocycles. The van der Waals surface area contributed by atoms with Crippen molar-refractivity contribution in [3.8, 4) is 11.1 Å². The first-order chi connectivity index (χ1) is 17.9. The monoisotopic (exact) mass is 527 g/mol. The molecule has 0 fully saturated rings. The third-order valence-corrected chi connectivity index (χ3v) is 6.24. The van der Waals surface area contributed by atoms with Crippen molar-refractivity contribution in [2.24, 2.45) is 0 Å². The second kappa shape index (κ2) is 9.20. The molecule has 5 rings (SSSR count). The van der Waals surface area contributed by atoms with Crippen molar-refractivity contribution in [2.75, 3.05) is 7.05 Å². The van der Waals surface area contributed by atoms with E-state index < -0.39 is 35.9 Å². The van der Waals surface area contributed by atoms with Crippen LogP contribution in [-0.2, 0) is 18.9 Å². The van der Waals surface area contributed by atoms with Gasteiger partial charge in [-0.1, -0.05) is 48.5 Å². The molecule has 38 heavy (non-hydrogen) atoms. The van der Waals surface area contributed by atoms with E-state index in [4.69, 9.17) is 0 Å². The molecule has 2 aromatic heterocycles. The quantitative estimate of drug-likeness (QED) is 0.228. The maximum Gasteiger partial charge on any atom is 0.416 e. The molecule has 1 amide bonds. The lowest BCUT2D eigenvalue weighted by molar-refractivity contribution is -0.143. The van der Waals surface area contributed by atoms with Crippen molar-refractivity contribution >= 4 is 22.5 Å². The van der Waals surface area contributed by atoms with Gasteiger partial charge in [-0.25, -0.2) is 4.98 Å². The van der Waals surface area contributed by atoms with Crippen molar-refractivity contribution in [3.63, 3.8) is 0 Å². The van der Waals surface area contributed by atoms with Gasteiger partial charge in [0.2, 0.25) is 0 Å². The van der Waals surface area contributed by atoms with Crippen LogP contribution in [0.2, 0.25) is 0 Å². The lowest BCUT2D eigenvalue weighted by Crippen LogP contribution is -2.28. The maximum absolute atomic E-state index is 13.9. The molecule has 0 aliphatic carbocycles. The molecule has 0 aliphatic heterocycles. The zero-order valence-corrected chi connectivity index (χ0v) is 19.8. The number of rotatable bonds is 4. The first kappa shape index (κ1) is 25.3. The minimum absolute atomic E-state index is 0.0657. The zero-order valence-electron chi connectivity index (χ0n) is 19.8. The number of amides is 1. The molecule has 2 heterocycles. The minimum atomic E-state index is -4.99. The SMILES string of the molecule is CN(Cc1cc(C(F)(F)F)cc(C(F)(F)F)c1)C(=O)c1c(-c2ccccc2)c2ccccc2n2ccnc12. The summed E-state index contributed by atoms with van der Waals surface area (Å²) < 4.78 is 81.9. The largest absolute Gasteiger partial charge is 0.416 e. The number of hydrogen-bond acceptors (Lipinski definition) is 2. The van der Waals surface area contributed by atoms with Crippen LogP contribution in [0.3, 0.4) is 0 Å². The summed E-state index contributed by atoms with van der Waals surface area (Å²) in [5.41, 5.74) is -0.606. The van der Waals surface area contributed by atoms with E-state index in [0.717, 1.165) is 15.8 Å². The summed E-state index contributed by atoms with van der Waals surface area (Å²) in [4.78, 5) is 19.4. The van der Waals surface area contributed by atoms with Crippen LogP contribution < -0.4 is 0 Å². The highest BCUT2D eigenvalue weighted by atomic mass is 19.4. The van der Waals surface area contributed by atoms with Crippen LogP contribution in [0, 0.1) is 0 Å². The molecule has 0 unspecified atom stereocenters. The zero-order chi connectivity index (χ0) is 27.2. The van der Waals surface area contributed by atoms with Crippen molar-refractivity contribution in [3.05, 3.63) is 107 Å². The van der Waals surface area contributed by atoms with E-state index in [2.05, 4.69) is 4.98 Å². The lowest BCUT2D eigenvalue weighted by Gasteiger charge is -2.22. The van der Waals surface area contributed by atoms with Crippen molar-refractivity contribution < 1.29 is 31.1 Å². The van der Waals surface area contributed by atoms with Gasteiger partial charge in [-0.15, -0.1) is 0 Å². The standard InChI is InChI=1S/C28H19F6N3O/c1-36(16-17-13-19(27(29,30)31)15-20(14-17)28(32,33)34)26(38)24-23(18-7-3-2-4-8-18)21-9-5-6-10-22(21)37-12-11-35-25(24)37/h2-15H,16H2,1H3. The highest BCUT2D eigenvalue weighted by Crippen LogP contribution is 2.38. The average Bonchev–Trinajstić information content (AvgIpc) is 3.37. The summed E-state index contributed by atoms with van der Waals surface area (Å²) in [6.45, 7) is -0.486. The van der Waals surface area contributed by atoms with E-state index in [9.17, 15) is 31.1 Å². The van der Waals surface area contributed by atoms with Crippen molar-refractivity contribution in [2.45, 2.75) is 18.9 Å². The predicted octanol–water partition coefficient (Wildman–Crippen LogP) is 7.46. The molecule has 5 aromatic rings. The Balaban J connectivity index is 1.66. The summed E-state index contributed by atoms with van der Waals surface area (Å²) >= 11 is 0. The van der Waals surface area contributed by atoms with E-state index in [0.29, 0.717) is 28.9 Å². The van der Waals surface area contributed by atoms with Gasteiger partial charge in [0.05, 0.1) is 22.2 Å². The van der Waals surface area contributed by atoms with E-state index in [1.54, 1.807) is 22.7 Å². The number of para-hydroxylation sites is 1. The van der Waals surface area contributed by atoms with Gasteiger partial charge in [0.1, 0.15) is 0 Å². The third-order valence-electron chi connectivity index (χ3n) is 6.24. The lowest BCUT2D eigenvalue weighted by atomic mass is 9.95. The molecular weight excluding hydrogens is 508 g/mol. The first-order valence-corrected chi connectivity index (χ1v) is 11.4. The number of alkyl halides is 6. The third kappa shape index (κ3) is 4.57. The van der Waals surface area contributed by atoms with Gasteiger partial charge in [0.15, 0.2) is 5.65 Å². The van der Waals surface area contributed by atoms with Gasteiger partial charge >= 0.3 is 12.4 Å². The van der Waals surface area contributed by atoms with Gasteiger partial charge in [0.25, 0.3) is 5.91 Å². The molecule has 0 saturated heterocycles. The number of halogens is 6. The summed E-state index contributed by atoms with van der Waals surface area (Å²) in [5.74, 6) is -0.600. The van der Waals surface area contributed by atoms with Crippen molar-refractivity contribution in [1.82, 2.24) is 14.3 Å². The molecule has 3 aromatic carbocycles. The van der Waals surface area contributed by atoms with Gasteiger partial charge in [-0.05, 0) is 35.4 Å². The maximum atomic E-state index is 13.9. The Morgan fingerprint density at radius 1 is 0.868 bits per heavy atom. The molecule has 4 nitrogen and oxygen atoms in total. The van der Waals surface area contributed by atoms with Crippen molar-refractivity contribution in [1.29, 1.82) is 0 Å². The number of pyridine rings is 1. The minimum Gasteiger partial charge on any atom is -0.337 e. The summed E-state index contributed by atoms with van der Waals surface area (Å²) in [6, 6.07) is 17.8. The molecule has 0 bridgehead atoms. The van der Waals surface area contributed by atoms with Crippen LogP contribution in [0.25, 0.3) is 27.7 Å². The smallest absolute Gasteiger partial charge is 0.337 e. The number of carbonyl (C=O) groups excluding carboxylic acids is 1. The molecule has 194 valence electrons. The molecule has 0 N–H and O–H groups in total. The van der Waals surface area contributed by atoms with Crippen LogP contribution in [0.4, 0.5) is 26.3 Å². The summed E-state index contributed by atoms with van der Waals surface area (Å²) in [6.07, 6.45) is -6.76. The Morgan fingerprint density at radius 2 is 1.47 bits per heavy atom. The summed E-state index contributed by atoms with van der Waals surface area (Å²) in [7, 11) is 1.33. The molecular formula is C28H19F6N3O. The second-order valence-electron chi connectivity index (χ2n) is 8.83. The fraction of sp³-hybridized carbons (Fsp3) is 0.143. The normalized spacial score (nSPS) is 12.3. The van der Waals surface area contributed by atoms with Gasteiger partial charge < -0.3 is 4.90 Å². The number of carbonyl (C=O) groups is 1. The number of imidazole rings is 1. The Bertz CT molecular complexity index is 1620. The molecule has 10 heteroatoms. The van der Waals surface area contributed by atoms with Gasteiger partial charge in [0, 0.05) is 36.9 Å². The number of fused-ring (bicyclic) bond motifs is 3. The van der Waals surface area contributed by atoms with Crippen LogP contribution in [-0.4, -0.2) is 27.2 Å². The van der Waals surface area contributed by atoms with Crippen LogP contribution in [0.5, 0.6) is 0 Å². The summed E-state index contributed by atoms with van der Waals surface area (Å²) in [5, 5.41) is 0.736. The Kier molecular flexibility index (Phi) is 6.13. The van der Waals surface area contributed by atoms with E-state index in [-0.39, 0.29) is 17.2 Å². The highest BCUT2D eigenvalue weighted by molar-refractivity contribution is 6.13. The number of nitrogens with zero attached hydrogens (tertiary/aromatic N) is 3. The van der Waals surface area contributed by atoms with E-state index in [1.807, 2.05) is 42.5 Å². The second-order valence-corrected chi connectivity index (χ2v) is 8.83.